The van der Waals surface area contributed by atoms with Crippen molar-refractivity contribution in [2.75, 3.05) is 24.7 Å². The zero-order valence-corrected chi connectivity index (χ0v) is 28.1. The maximum atomic E-state index is 12.5. The van der Waals surface area contributed by atoms with Crippen molar-refractivity contribution < 1.29 is 47.6 Å². The second-order valence-corrected chi connectivity index (χ2v) is 15.9. The molecule has 0 aromatic heterocycles. The molecule has 250 valence electrons. The van der Waals surface area contributed by atoms with E-state index in [4.69, 9.17) is 28.4 Å². The van der Waals surface area contributed by atoms with Crippen LogP contribution in [0.4, 0.5) is 0 Å². The van der Waals surface area contributed by atoms with E-state index in [2.05, 4.69) is 25.3 Å². The van der Waals surface area contributed by atoms with Crippen LogP contribution in [0, 0.1) is 11.8 Å². The summed E-state index contributed by atoms with van der Waals surface area (Å²) in [5.41, 5.74) is 2.35. The van der Waals surface area contributed by atoms with Crippen LogP contribution < -0.4 is 0 Å². The first kappa shape index (κ1) is 33.4. The van der Waals surface area contributed by atoms with Gasteiger partial charge in [0.2, 0.25) is 0 Å². The summed E-state index contributed by atoms with van der Waals surface area (Å²) in [6, 6.07) is 0. The fraction of sp³-hybridized carbons (Fsp3) is 0.647. The highest BCUT2D eigenvalue weighted by Gasteiger charge is 2.62. The number of esters is 4. The Morgan fingerprint density at radius 2 is 1.20 bits per heavy atom. The van der Waals surface area contributed by atoms with Crippen molar-refractivity contribution in [3.63, 3.8) is 0 Å². The molecule has 12 heteroatoms. The third-order valence-corrected chi connectivity index (χ3v) is 12.2. The van der Waals surface area contributed by atoms with Gasteiger partial charge in [0.05, 0.1) is 11.2 Å². The molecular weight excluding hydrogens is 632 g/mol. The molecule has 6 rings (SSSR count). The van der Waals surface area contributed by atoms with Gasteiger partial charge in [0, 0.05) is 23.0 Å². The lowest BCUT2D eigenvalue weighted by atomic mass is 9.84. The number of carbonyl (C=O) groups excluding carboxylic acids is 4. The van der Waals surface area contributed by atoms with Crippen LogP contribution in [0.2, 0.25) is 0 Å². The van der Waals surface area contributed by atoms with Crippen LogP contribution in [0.3, 0.4) is 0 Å². The molecule has 6 aliphatic rings. The van der Waals surface area contributed by atoms with Crippen molar-refractivity contribution in [2.24, 2.45) is 11.8 Å². The molecule has 8 atom stereocenters. The molecule has 4 saturated heterocycles. The Morgan fingerprint density at radius 1 is 0.783 bits per heavy atom. The lowest BCUT2D eigenvalue weighted by Crippen LogP contribution is -2.29. The molecular formula is C34H42O10S2. The Hall–Kier alpha value is -2.54. The van der Waals surface area contributed by atoms with Crippen LogP contribution >= 0.6 is 21.6 Å². The summed E-state index contributed by atoms with van der Waals surface area (Å²) in [6.45, 7) is 12.3. The first-order valence-corrected chi connectivity index (χ1v) is 18.5. The Bertz CT molecular complexity index is 1270. The monoisotopic (exact) mass is 674 g/mol. The van der Waals surface area contributed by atoms with Crippen molar-refractivity contribution >= 4 is 45.5 Å². The van der Waals surface area contributed by atoms with E-state index in [0.717, 1.165) is 36.8 Å². The SMILES string of the molecule is C=C1C(=O)O[C@H]2[C@H]1CC/C(COC(=O)CSSCC(=O)OC/C1=C/CC[C@@]3(C)O[C@H]3[C@H]3OC(=O)C(=C)[C@@H]3CC1)=C\CC[C@@]1(C)O[C@@H]21. The van der Waals surface area contributed by atoms with Gasteiger partial charge in [0.25, 0.3) is 0 Å². The molecule has 0 aromatic rings. The van der Waals surface area contributed by atoms with Crippen LogP contribution in [0.1, 0.15) is 65.2 Å². The van der Waals surface area contributed by atoms with Gasteiger partial charge in [0.1, 0.15) is 49.1 Å². The van der Waals surface area contributed by atoms with Crippen molar-refractivity contribution in [2.45, 2.75) is 101 Å². The molecule has 4 heterocycles. The molecule has 46 heavy (non-hydrogen) atoms. The number of hydrogen-bond donors (Lipinski definition) is 0. The van der Waals surface area contributed by atoms with Crippen molar-refractivity contribution in [3.05, 3.63) is 47.6 Å². The second-order valence-electron chi connectivity index (χ2n) is 13.4. The standard InChI is InChI=1S/C34H42O10S2/c1-19-23-11-9-21(7-5-13-33(3)29(43-33)27(23)41-31(19)37)15-39-25(35)17-45-46-18-26(36)40-16-22-8-6-14-34(4)30(44-34)28-24(12-10-22)20(2)32(38)42-28/h7-8,23-24,27-30H,1-2,5-6,9-18H2,3-4H3/b21-7+,22-8+/t23-,24-,27-,28-,29-,30-,33+,34+/m0/s1. The van der Waals surface area contributed by atoms with Gasteiger partial charge >= 0.3 is 23.9 Å². The summed E-state index contributed by atoms with van der Waals surface area (Å²) < 4.78 is 34.2. The van der Waals surface area contributed by atoms with E-state index in [1.807, 2.05) is 13.8 Å². The number of carbonyl (C=O) groups is 4. The molecule has 0 saturated carbocycles. The average Bonchev–Trinajstić information content (AvgIpc) is 3.83. The predicted octanol–water partition coefficient (Wildman–Crippen LogP) is 4.97. The maximum Gasteiger partial charge on any atom is 0.334 e. The first-order valence-electron chi connectivity index (χ1n) is 16.0. The molecule has 4 fully saturated rings. The molecule has 0 bridgehead atoms. The minimum absolute atomic E-state index is 0.0955. The minimum Gasteiger partial charge on any atom is -0.461 e. The van der Waals surface area contributed by atoms with E-state index in [9.17, 15) is 19.2 Å². The summed E-state index contributed by atoms with van der Waals surface area (Å²) in [5.74, 6) is -1.44. The summed E-state index contributed by atoms with van der Waals surface area (Å²) in [5, 5.41) is 0. The molecule has 10 nitrogen and oxygen atoms in total. The van der Waals surface area contributed by atoms with Crippen LogP contribution in [0.25, 0.3) is 0 Å². The van der Waals surface area contributed by atoms with E-state index in [-0.39, 0.29) is 96.1 Å². The molecule has 2 aliphatic carbocycles. The van der Waals surface area contributed by atoms with Gasteiger partial charge in [-0.05, 0) is 76.4 Å². The lowest BCUT2D eigenvalue weighted by molar-refractivity contribution is -0.141. The molecule has 4 aliphatic heterocycles. The number of ether oxygens (including phenoxy) is 6. The topological polar surface area (TPSA) is 130 Å². The van der Waals surface area contributed by atoms with E-state index in [1.165, 1.54) is 21.6 Å². The molecule has 0 unspecified atom stereocenters. The number of allylic oxidation sites excluding steroid dienone is 2. The highest BCUT2D eigenvalue weighted by atomic mass is 33.1. The normalized spacial score (nSPS) is 39.1. The summed E-state index contributed by atoms with van der Waals surface area (Å²) >= 11 is 0. The fourth-order valence-corrected chi connectivity index (χ4v) is 8.71. The van der Waals surface area contributed by atoms with Crippen LogP contribution in [-0.2, 0) is 47.6 Å². The number of epoxide rings is 2. The van der Waals surface area contributed by atoms with Crippen LogP contribution in [0.5, 0.6) is 0 Å². The number of fused-ring (bicyclic) bond motifs is 6. The van der Waals surface area contributed by atoms with Crippen molar-refractivity contribution in [1.82, 2.24) is 0 Å². The van der Waals surface area contributed by atoms with Gasteiger partial charge in [-0.25, -0.2) is 9.59 Å². The van der Waals surface area contributed by atoms with Gasteiger partial charge in [-0.2, -0.15) is 0 Å². The lowest BCUT2D eigenvalue weighted by Gasteiger charge is -2.20. The highest BCUT2D eigenvalue weighted by molar-refractivity contribution is 8.77. The van der Waals surface area contributed by atoms with E-state index < -0.39 is 0 Å². The Kier molecular flexibility index (Phi) is 9.81. The zero-order valence-electron chi connectivity index (χ0n) is 26.4. The summed E-state index contributed by atoms with van der Waals surface area (Å²) in [7, 11) is 2.50. The first-order chi connectivity index (χ1) is 22.0. The van der Waals surface area contributed by atoms with Gasteiger partial charge < -0.3 is 28.4 Å². The zero-order chi connectivity index (χ0) is 32.6. The molecule has 0 radical (unpaired) electrons. The quantitative estimate of drug-likeness (QED) is 0.0623. The van der Waals surface area contributed by atoms with Crippen molar-refractivity contribution in [1.29, 1.82) is 0 Å². The van der Waals surface area contributed by atoms with E-state index in [1.54, 1.807) is 0 Å². The molecule has 0 N–H and O–H groups in total. The third-order valence-electron chi connectivity index (χ3n) is 10.2. The van der Waals surface area contributed by atoms with Gasteiger partial charge in [-0.15, -0.1) is 0 Å². The molecule has 0 spiro atoms. The predicted molar refractivity (Wildman–Crippen MR) is 172 cm³/mol. The Morgan fingerprint density at radius 3 is 1.61 bits per heavy atom. The summed E-state index contributed by atoms with van der Waals surface area (Å²) in [6.07, 6.45) is 9.28. The van der Waals surface area contributed by atoms with Gasteiger partial charge in [-0.1, -0.05) is 46.9 Å². The van der Waals surface area contributed by atoms with Crippen molar-refractivity contribution in [3.8, 4) is 0 Å². The van der Waals surface area contributed by atoms with E-state index in [0.29, 0.717) is 36.8 Å². The van der Waals surface area contributed by atoms with Crippen LogP contribution in [-0.4, -0.2) is 84.2 Å². The maximum absolute atomic E-state index is 12.5. The van der Waals surface area contributed by atoms with Crippen LogP contribution in [0.15, 0.2) is 47.6 Å². The largest absolute Gasteiger partial charge is 0.461 e. The Balaban J connectivity index is 0.894. The third kappa shape index (κ3) is 7.29. The molecule has 0 amide bonds. The second kappa shape index (κ2) is 13.5. The van der Waals surface area contributed by atoms with Gasteiger partial charge in [-0.3, -0.25) is 9.59 Å². The Labute approximate surface area is 277 Å². The number of hydrogen-bond acceptors (Lipinski definition) is 12. The number of rotatable bonds is 9. The van der Waals surface area contributed by atoms with E-state index >= 15 is 0 Å². The smallest absolute Gasteiger partial charge is 0.334 e. The highest BCUT2D eigenvalue weighted by Crippen LogP contribution is 2.51. The molecule has 0 aromatic carbocycles. The average molecular weight is 675 g/mol. The fourth-order valence-electron chi connectivity index (χ4n) is 7.11. The minimum atomic E-state index is -0.361. The van der Waals surface area contributed by atoms with Gasteiger partial charge in [0.15, 0.2) is 0 Å². The summed E-state index contributed by atoms with van der Waals surface area (Å²) in [4.78, 5) is 49.3.